The fourth-order valence-corrected chi connectivity index (χ4v) is 0.924. The van der Waals surface area contributed by atoms with Gasteiger partial charge in [-0.15, -0.1) is 0 Å². The van der Waals surface area contributed by atoms with Crippen molar-refractivity contribution in [2.45, 2.75) is 13.1 Å². The average Bonchev–Trinajstić information content (AvgIpc) is 2.47. The maximum Gasteiger partial charge on any atom is 0.436 e. The van der Waals surface area contributed by atoms with E-state index < -0.39 is 17.6 Å². The first-order valence-electron chi connectivity index (χ1n) is 3.72. The van der Waals surface area contributed by atoms with Gasteiger partial charge in [-0.3, -0.25) is 10.9 Å². The Bertz CT molecular complexity index is 315. The summed E-state index contributed by atoms with van der Waals surface area (Å²) in [6.07, 6.45) is -4.59. The SMILES string of the molecule is CCOC1=C(C(F)(F)F)NNC1=C=O. The predicted molar refractivity (Wildman–Crippen MR) is 40.2 cm³/mol. The fraction of sp³-hybridized carbons (Fsp3) is 0.429. The smallest absolute Gasteiger partial charge is 0.436 e. The molecule has 1 rings (SSSR count). The van der Waals surface area contributed by atoms with E-state index in [1.165, 1.54) is 12.9 Å². The molecule has 0 atom stereocenters. The lowest BCUT2D eigenvalue weighted by Crippen LogP contribution is -2.30. The van der Waals surface area contributed by atoms with Gasteiger partial charge in [0.05, 0.1) is 6.61 Å². The summed E-state index contributed by atoms with van der Waals surface area (Å²) in [6, 6.07) is 0. The summed E-state index contributed by atoms with van der Waals surface area (Å²) in [5.74, 6) is 0.765. The molecule has 1 aliphatic rings. The molecule has 0 aliphatic carbocycles. The van der Waals surface area contributed by atoms with Crippen LogP contribution in [0.15, 0.2) is 17.2 Å². The van der Waals surface area contributed by atoms with E-state index in [1.54, 1.807) is 0 Å². The molecule has 4 nitrogen and oxygen atoms in total. The van der Waals surface area contributed by atoms with Crippen molar-refractivity contribution < 1.29 is 22.7 Å². The normalized spacial score (nSPS) is 16.1. The molecule has 0 unspecified atom stereocenters. The number of carbonyl (C=O) groups excluding carboxylic acids is 1. The third-order valence-corrected chi connectivity index (χ3v) is 1.44. The summed E-state index contributed by atoms with van der Waals surface area (Å²) >= 11 is 0. The molecule has 2 N–H and O–H groups in total. The van der Waals surface area contributed by atoms with E-state index in [9.17, 15) is 18.0 Å². The van der Waals surface area contributed by atoms with Gasteiger partial charge < -0.3 is 4.74 Å². The second-order valence-corrected chi connectivity index (χ2v) is 2.36. The van der Waals surface area contributed by atoms with E-state index in [2.05, 4.69) is 4.74 Å². The van der Waals surface area contributed by atoms with Crippen LogP contribution in [0.4, 0.5) is 13.2 Å². The van der Waals surface area contributed by atoms with Gasteiger partial charge >= 0.3 is 6.18 Å². The largest absolute Gasteiger partial charge is 0.489 e. The quantitative estimate of drug-likeness (QED) is 0.653. The first-order chi connectivity index (χ1) is 6.50. The fourth-order valence-electron chi connectivity index (χ4n) is 0.924. The molecule has 1 heterocycles. The van der Waals surface area contributed by atoms with E-state index in [1.807, 2.05) is 10.9 Å². The van der Waals surface area contributed by atoms with E-state index >= 15 is 0 Å². The zero-order valence-corrected chi connectivity index (χ0v) is 7.16. The number of allylic oxidation sites excluding steroid dienone is 1. The van der Waals surface area contributed by atoms with Crippen LogP contribution in [0.5, 0.6) is 0 Å². The molecule has 0 fully saturated rings. The lowest BCUT2D eigenvalue weighted by molar-refractivity contribution is -0.0992. The van der Waals surface area contributed by atoms with Gasteiger partial charge in [0.1, 0.15) is 0 Å². The van der Waals surface area contributed by atoms with Crippen molar-refractivity contribution in [1.82, 2.24) is 10.9 Å². The van der Waals surface area contributed by atoms with Crippen LogP contribution in [0, 0.1) is 0 Å². The maximum absolute atomic E-state index is 12.3. The van der Waals surface area contributed by atoms with E-state index in [0.29, 0.717) is 0 Å². The second kappa shape index (κ2) is 3.63. The van der Waals surface area contributed by atoms with Crippen LogP contribution in [-0.2, 0) is 9.53 Å². The van der Waals surface area contributed by atoms with Gasteiger partial charge in [-0.1, -0.05) is 0 Å². The summed E-state index contributed by atoms with van der Waals surface area (Å²) in [5, 5.41) is 0. The number of rotatable bonds is 2. The van der Waals surface area contributed by atoms with Gasteiger partial charge in [0.15, 0.2) is 23.1 Å². The van der Waals surface area contributed by atoms with E-state index in [0.717, 1.165) is 0 Å². The Labute approximate surface area is 77.4 Å². The van der Waals surface area contributed by atoms with Gasteiger partial charge in [-0.05, 0) is 6.92 Å². The minimum absolute atomic E-state index is 0.0312. The predicted octanol–water partition coefficient (Wildman–Crippen LogP) is 0.620. The Morgan fingerprint density at radius 1 is 1.43 bits per heavy atom. The number of hydrogen-bond acceptors (Lipinski definition) is 4. The monoisotopic (exact) mass is 208 g/mol. The summed E-state index contributed by atoms with van der Waals surface area (Å²) in [4.78, 5) is 10.2. The highest BCUT2D eigenvalue weighted by Crippen LogP contribution is 2.30. The molecule has 0 amide bonds. The molecule has 0 saturated heterocycles. The molecule has 0 bridgehead atoms. The Kier molecular flexibility index (Phi) is 2.71. The van der Waals surface area contributed by atoms with Gasteiger partial charge in [-0.2, -0.15) is 13.2 Å². The standard InChI is InChI=1S/C7H7F3N2O2/c1-2-14-5-4(3-13)11-12-6(5)7(8,9)10/h11-12H,2H2,1H3. The first-order valence-corrected chi connectivity index (χ1v) is 3.72. The van der Waals surface area contributed by atoms with Crippen molar-refractivity contribution in [1.29, 1.82) is 0 Å². The summed E-state index contributed by atoms with van der Waals surface area (Å²) in [7, 11) is 0. The molecule has 0 aromatic heterocycles. The minimum atomic E-state index is -4.59. The third kappa shape index (κ3) is 1.82. The van der Waals surface area contributed by atoms with Gasteiger partial charge in [0, 0.05) is 0 Å². The van der Waals surface area contributed by atoms with Crippen LogP contribution in [0.2, 0.25) is 0 Å². The summed E-state index contributed by atoms with van der Waals surface area (Å²) in [5.41, 5.74) is 2.35. The third-order valence-electron chi connectivity index (χ3n) is 1.44. The van der Waals surface area contributed by atoms with Crippen molar-refractivity contribution in [3.63, 3.8) is 0 Å². The number of hydrazine groups is 1. The molecule has 0 saturated carbocycles. The molecular weight excluding hydrogens is 201 g/mol. The van der Waals surface area contributed by atoms with Crippen LogP contribution in [0.3, 0.4) is 0 Å². The Hall–Kier alpha value is -1.62. The van der Waals surface area contributed by atoms with Gasteiger partial charge in [0.25, 0.3) is 0 Å². The van der Waals surface area contributed by atoms with Crippen molar-refractivity contribution in [2.24, 2.45) is 0 Å². The Morgan fingerprint density at radius 3 is 2.50 bits per heavy atom. The van der Waals surface area contributed by atoms with Gasteiger partial charge in [-0.25, -0.2) is 4.79 Å². The molecule has 0 spiro atoms. The molecule has 0 aromatic carbocycles. The number of hydrogen-bond donors (Lipinski definition) is 2. The molecule has 0 radical (unpaired) electrons. The van der Waals surface area contributed by atoms with E-state index in [4.69, 9.17) is 0 Å². The highest BCUT2D eigenvalue weighted by Gasteiger charge is 2.42. The summed E-state index contributed by atoms with van der Waals surface area (Å²) in [6.45, 7) is 1.55. The maximum atomic E-state index is 12.3. The molecule has 7 heteroatoms. The van der Waals surface area contributed by atoms with Gasteiger partial charge in [0.2, 0.25) is 0 Å². The second-order valence-electron chi connectivity index (χ2n) is 2.36. The number of halogens is 3. The number of ether oxygens (including phenoxy) is 1. The molecule has 14 heavy (non-hydrogen) atoms. The number of alkyl halides is 3. The zero-order valence-electron chi connectivity index (χ0n) is 7.16. The average molecular weight is 208 g/mol. The van der Waals surface area contributed by atoms with Crippen LogP contribution in [0.25, 0.3) is 0 Å². The molecule has 0 aromatic rings. The highest BCUT2D eigenvalue weighted by atomic mass is 19.4. The van der Waals surface area contributed by atoms with Crippen molar-refractivity contribution >= 4 is 5.94 Å². The first kappa shape index (κ1) is 10.5. The van der Waals surface area contributed by atoms with Crippen molar-refractivity contribution in [2.75, 3.05) is 6.61 Å². The van der Waals surface area contributed by atoms with Crippen LogP contribution >= 0.6 is 0 Å². The molecule has 78 valence electrons. The Balaban J connectivity index is 3.10. The summed E-state index contributed by atoms with van der Waals surface area (Å²) < 4.78 is 41.5. The lowest BCUT2D eigenvalue weighted by Gasteiger charge is -2.08. The van der Waals surface area contributed by atoms with Crippen molar-refractivity contribution in [3.8, 4) is 0 Å². The van der Waals surface area contributed by atoms with Crippen molar-refractivity contribution in [3.05, 3.63) is 17.2 Å². The minimum Gasteiger partial charge on any atom is -0.489 e. The molecule has 1 aliphatic heterocycles. The number of nitrogens with one attached hydrogen (secondary N) is 2. The zero-order chi connectivity index (χ0) is 10.8. The van der Waals surface area contributed by atoms with E-state index in [-0.39, 0.29) is 12.3 Å². The molecular formula is C7H7F3N2O2. The van der Waals surface area contributed by atoms with Crippen LogP contribution in [0.1, 0.15) is 6.92 Å². The van der Waals surface area contributed by atoms with Crippen LogP contribution in [-0.4, -0.2) is 18.7 Å². The highest BCUT2D eigenvalue weighted by molar-refractivity contribution is 5.61. The lowest BCUT2D eigenvalue weighted by atomic mass is 10.3. The topological polar surface area (TPSA) is 50.4 Å². The van der Waals surface area contributed by atoms with Crippen LogP contribution < -0.4 is 10.9 Å². The Morgan fingerprint density at radius 2 is 2.07 bits per heavy atom.